The summed E-state index contributed by atoms with van der Waals surface area (Å²) in [7, 11) is 0. The van der Waals surface area contributed by atoms with Gasteiger partial charge in [0.05, 0.1) is 0 Å². The van der Waals surface area contributed by atoms with Gasteiger partial charge in [0, 0.05) is 37.8 Å². The molecule has 2 heteroatoms. The van der Waals surface area contributed by atoms with Crippen molar-refractivity contribution in [3.63, 3.8) is 0 Å². The van der Waals surface area contributed by atoms with E-state index >= 15 is 0 Å². The Morgan fingerprint density at radius 1 is 0.739 bits per heavy atom. The molecule has 2 saturated carbocycles. The van der Waals surface area contributed by atoms with E-state index < -0.39 is 0 Å². The number of hydrogen-bond acceptors (Lipinski definition) is 2. The number of fused-ring (bicyclic) bond motifs is 2. The van der Waals surface area contributed by atoms with Crippen LogP contribution in [-0.2, 0) is 0 Å². The molecule has 0 aromatic rings. The average molecular weight is 319 g/mol. The second-order valence-electron chi connectivity index (χ2n) is 10.7. The van der Waals surface area contributed by atoms with Gasteiger partial charge in [0.15, 0.2) is 0 Å². The first-order chi connectivity index (χ1) is 10.8. The lowest BCUT2D eigenvalue weighted by atomic mass is 9.93. The van der Waals surface area contributed by atoms with Crippen molar-refractivity contribution in [2.45, 2.75) is 71.9 Å². The molecule has 0 N–H and O–H groups in total. The monoisotopic (exact) mass is 318 g/mol. The van der Waals surface area contributed by atoms with Crippen molar-refractivity contribution in [1.82, 2.24) is 9.80 Å². The van der Waals surface area contributed by atoms with Gasteiger partial charge in [0.25, 0.3) is 0 Å². The predicted octanol–water partition coefficient (Wildman–Crippen LogP) is 4.11. The highest BCUT2D eigenvalue weighted by atomic mass is 15.2. The third-order valence-corrected chi connectivity index (χ3v) is 7.95. The fourth-order valence-corrected chi connectivity index (χ4v) is 6.34. The van der Waals surface area contributed by atoms with Crippen LogP contribution in [0.2, 0.25) is 0 Å². The first-order valence-corrected chi connectivity index (χ1v) is 10.3. The Labute approximate surface area is 144 Å². The lowest BCUT2D eigenvalue weighted by molar-refractivity contribution is 0.144. The number of rotatable bonds is 2. The van der Waals surface area contributed by atoms with E-state index in [4.69, 9.17) is 0 Å². The largest absolute Gasteiger partial charge is 0.300 e. The molecule has 132 valence electrons. The van der Waals surface area contributed by atoms with E-state index in [1.807, 2.05) is 0 Å². The van der Waals surface area contributed by atoms with Crippen molar-refractivity contribution in [1.29, 1.82) is 0 Å². The SMILES string of the molecule is CC(C)C1C[C@H]2CN(C3C[C@H]4CN(C(C)(C)C)C[C@@H]4C3)C[C@@H]2C1. The fourth-order valence-electron chi connectivity index (χ4n) is 6.34. The van der Waals surface area contributed by atoms with Crippen LogP contribution in [0.25, 0.3) is 0 Å². The zero-order valence-electron chi connectivity index (χ0n) is 16.1. The molecule has 0 aromatic heterocycles. The molecule has 2 saturated heterocycles. The van der Waals surface area contributed by atoms with Crippen LogP contribution in [0.15, 0.2) is 0 Å². The zero-order valence-corrected chi connectivity index (χ0v) is 16.1. The minimum atomic E-state index is 0.371. The lowest BCUT2D eigenvalue weighted by Gasteiger charge is -2.34. The van der Waals surface area contributed by atoms with Crippen LogP contribution < -0.4 is 0 Å². The quantitative estimate of drug-likeness (QED) is 0.756. The average Bonchev–Trinajstić information content (AvgIpc) is 3.13. The predicted molar refractivity (Wildman–Crippen MR) is 97.4 cm³/mol. The summed E-state index contributed by atoms with van der Waals surface area (Å²) in [5, 5.41) is 0. The van der Waals surface area contributed by atoms with Crippen LogP contribution in [0.1, 0.15) is 60.3 Å². The second kappa shape index (κ2) is 5.73. The molecule has 4 aliphatic rings. The summed E-state index contributed by atoms with van der Waals surface area (Å²) < 4.78 is 0. The van der Waals surface area contributed by atoms with E-state index in [-0.39, 0.29) is 0 Å². The summed E-state index contributed by atoms with van der Waals surface area (Å²) in [5.74, 6) is 5.98. The molecule has 0 amide bonds. The molecule has 23 heavy (non-hydrogen) atoms. The normalized spacial score (nSPS) is 40.4. The molecule has 0 radical (unpaired) electrons. The van der Waals surface area contributed by atoms with Gasteiger partial charge in [-0.05, 0) is 82.0 Å². The van der Waals surface area contributed by atoms with E-state index in [1.54, 1.807) is 0 Å². The summed E-state index contributed by atoms with van der Waals surface area (Å²) >= 11 is 0. The van der Waals surface area contributed by atoms with Gasteiger partial charge in [-0.15, -0.1) is 0 Å². The Morgan fingerprint density at radius 2 is 1.22 bits per heavy atom. The summed E-state index contributed by atoms with van der Waals surface area (Å²) in [6, 6.07) is 0.926. The van der Waals surface area contributed by atoms with Crippen molar-refractivity contribution in [2.75, 3.05) is 26.2 Å². The van der Waals surface area contributed by atoms with E-state index in [0.29, 0.717) is 5.54 Å². The van der Waals surface area contributed by atoms with Gasteiger partial charge in [-0.2, -0.15) is 0 Å². The van der Waals surface area contributed by atoms with Gasteiger partial charge < -0.3 is 0 Å². The lowest BCUT2D eigenvalue weighted by Crippen LogP contribution is -2.41. The molecule has 0 aromatic carbocycles. The summed E-state index contributed by atoms with van der Waals surface area (Å²) in [4.78, 5) is 5.66. The highest BCUT2D eigenvalue weighted by molar-refractivity contribution is 5.02. The van der Waals surface area contributed by atoms with Gasteiger partial charge in [-0.25, -0.2) is 0 Å². The Morgan fingerprint density at radius 3 is 1.65 bits per heavy atom. The smallest absolute Gasteiger partial charge is 0.0125 e. The highest BCUT2D eigenvalue weighted by Crippen LogP contribution is 2.48. The van der Waals surface area contributed by atoms with Crippen LogP contribution in [0.5, 0.6) is 0 Å². The maximum atomic E-state index is 2.92. The molecule has 2 aliphatic carbocycles. The standard InChI is InChI=1S/C21H38N2/c1-14(2)15-6-16-10-22(11-17(16)7-15)20-8-18-12-23(21(3,4)5)13-19(18)9-20/h14-20H,6-13H2,1-5H3/t16-,17-,18-,19-/m0/s1. The molecule has 4 atom stereocenters. The fraction of sp³-hybridized carbons (Fsp3) is 1.00. The van der Waals surface area contributed by atoms with Crippen LogP contribution >= 0.6 is 0 Å². The number of likely N-dealkylation sites (tertiary alicyclic amines) is 2. The molecule has 2 aliphatic heterocycles. The summed E-state index contributed by atoms with van der Waals surface area (Å²) in [5.41, 5.74) is 0.371. The van der Waals surface area contributed by atoms with E-state index in [2.05, 4.69) is 44.4 Å². The minimum absolute atomic E-state index is 0.371. The molecular weight excluding hydrogens is 280 g/mol. The van der Waals surface area contributed by atoms with Crippen LogP contribution in [0.4, 0.5) is 0 Å². The van der Waals surface area contributed by atoms with Crippen molar-refractivity contribution in [2.24, 2.45) is 35.5 Å². The molecule has 2 heterocycles. The molecule has 4 rings (SSSR count). The highest BCUT2D eigenvalue weighted by Gasteiger charge is 2.48. The van der Waals surface area contributed by atoms with Gasteiger partial charge in [-0.1, -0.05) is 13.8 Å². The van der Waals surface area contributed by atoms with Gasteiger partial charge in [0.2, 0.25) is 0 Å². The van der Waals surface area contributed by atoms with Crippen molar-refractivity contribution < 1.29 is 0 Å². The van der Waals surface area contributed by atoms with E-state index in [9.17, 15) is 0 Å². The van der Waals surface area contributed by atoms with E-state index in [1.165, 1.54) is 51.9 Å². The molecule has 4 fully saturated rings. The maximum Gasteiger partial charge on any atom is 0.0125 e. The van der Waals surface area contributed by atoms with Crippen molar-refractivity contribution in [3.8, 4) is 0 Å². The first kappa shape index (κ1) is 16.4. The topological polar surface area (TPSA) is 6.48 Å². The van der Waals surface area contributed by atoms with Crippen LogP contribution in [0, 0.1) is 35.5 Å². The second-order valence-corrected chi connectivity index (χ2v) is 10.7. The maximum absolute atomic E-state index is 2.92. The Hall–Kier alpha value is -0.0800. The Bertz CT molecular complexity index is 410. The molecule has 0 bridgehead atoms. The minimum Gasteiger partial charge on any atom is -0.300 e. The molecular formula is C21H38N2. The summed E-state index contributed by atoms with van der Waals surface area (Å²) in [6.45, 7) is 17.6. The van der Waals surface area contributed by atoms with Gasteiger partial charge >= 0.3 is 0 Å². The molecule has 0 spiro atoms. The third kappa shape index (κ3) is 2.99. The van der Waals surface area contributed by atoms with Crippen LogP contribution in [-0.4, -0.2) is 47.6 Å². The molecule has 2 nitrogen and oxygen atoms in total. The first-order valence-electron chi connectivity index (χ1n) is 10.3. The van der Waals surface area contributed by atoms with Gasteiger partial charge in [-0.3, -0.25) is 9.80 Å². The summed E-state index contributed by atoms with van der Waals surface area (Å²) in [6.07, 6.45) is 6.03. The number of nitrogens with zero attached hydrogens (tertiary/aromatic N) is 2. The van der Waals surface area contributed by atoms with Crippen molar-refractivity contribution >= 4 is 0 Å². The van der Waals surface area contributed by atoms with Gasteiger partial charge in [0.1, 0.15) is 0 Å². The number of hydrogen-bond donors (Lipinski definition) is 0. The van der Waals surface area contributed by atoms with Crippen LogP contribution in [0.3, 0.4) is 0 Å². The van der Waals surface area contributed by atoms with Crippen molar-refractivity contribution in [3.05, 3.63) is 0 Å². The molecule has 0 unspecified atom stereocenters. The zero-order chi connectivity index (χ0) is 16.4. The van der Waals surface area contributed by atoms with E-state index in [0.717, 1.165) is 41.5 Å². The Balaban J connectivity index is 1.31. The third-order valence-electron chi connectivity index (χ3n) is 7.95. The Kier molecular flexibility index (Phi) is 4.08.